The number of carbonyl (C=O) groups is 2. The van der Waals surface area contributed by atoms with Crippen LogP contribution in [0.5, 0.6) is 5.75 Å². The van der Waals surface area contributed by atoms with E-state index in [1.54, 1.807) is 12.4 Å². The molecule has 1 aromatic heterocycles. The van der Waals surface area contributed by atoms with E-state index in [-0.39, 0.29) is 23.7 Å². The number of para-hydroxylation sites is 2. The van der Waals surface area contributed by atoms with Crippen LogP contribution in [-0.4, -0.2) is 23.4 Å². The van der Waals surface area contributed by atoms with Crippen LogP contribution in [0.2, 0.25) is 0 Å². The molecule has 0 radical (unpaired) electrons. The molecule has 0 spiro atoms. The van der Waals surface area contributed by atoms with E-state index in [9.17, 15) is 9.59 Å². The molecule has 1 aromatic carbocycles. The second kappa shape index (κ2) is 9.88. The van der Waals surface area contributed by atoms with E-state index < -0.39 is 0 Å². The lowest BCUT2D eigenvalue weighted by Gasteiger charge is -2.27. The predicted octanol–water partition coefficient (Wildman–Crippen LogP) is 3.54. The normalized spacial score (nSPS) is 18.9. The number of amides is 2. The van der Waals surface area contributed by atoms with Crippen LogP contribution in [0.15, 0.2) is 48.8 Å². The minimum absolute atomic E-state index is 0.00259. The molecule has 0 bridgehead atoms. The summed E-state index contributed by atoms with van der Waals surface area (Å²) in [6.07, 6.45) is 6.33. The molecule has 1 aliphatic carbocycles. The molecule has 0 saturated heterocycles. The Kier molecular flexibility index (Phi) is 7.00. The van der Waals surface area contributed by atoms with Gasteiger partial charge in [0, 0.05) is 30.8 Å². The lowest BCUT2D eigenvalue weighted by Crippen LogP contribution is -2.35. The van der Waals surface area contributed by atoms with Gasteiger partial charge in [-0.3, -0.25) is 14.6 Å². The number of anilines is 1. The van der Waals surface area contributed by atoms with E-state index in [2.05, 4.69) is 15.6 Å². The van der Waals surface area contributed by atoms with Gasteiger partial charge in [0.1, 0.15) is 5.75 Å². The second-order valence-electron chi connectivity index (χ2n) is 7.04. The first-order valence-corrected chi connectivity index (χ1v) is 9.86. The maximum atomic E-state index is 12.6. The first-order valence-electron chi connectivity index (χ1n) is 9.86. The molecule has 1 saturated carbocycles. The van der Waals surface area contributed by atoms with Crippen LogP contribution < -0.4 is 15.4 Å². The number of ether oxygens (including phenoxy) is 1. The van der Waals surface area contributed by atoms with Crippen molar-refractivity contribution in [2.24, 2.45) is 11.8 Å². The number of benzene rings is 1. The van der Waals surface area contributed by atoms with Crippen LogP contribution in [0.25, 0.3) is 0 Å². The van der Waals surface area contributed by atoms with Gasteiger partial charge in [-0.2, -0.15) is 0 Å². The Morgan fingerprint density at radius 2 is 1.64 bits per heavy atom. The number of nitrogens with one attached hydrogen (secondary N) is 2. The summed E-state index contributed by atoms with van der Waals surface area (Å²) in [5, 5.41) is 5.98. The monoisotopic (exact) mass is 381 g/mol. The number of carbonyl (C=O) groups excluding carboxylic acids is 2. The molecule has 148 valence electrons. The molecular formula is C22H27N3O3. The van der Waals surface area contributed by atoms with E-state index in [1.165, 1.54) is 0 Å². The zero-order valence-corrected chi connectivity index (χ0v) is 16.2. The van der Waals surface area contributed by atoms with Gasteiger partial charge in [-0.05, 0) is 62.4 Å². The minimum Gasteiger partial charge on any atom is -0.492 e. The van der Waals surface area contributed by atoms with Crippen molar-refractivity contribution >= 4 is 17.5 Å². The highest BCUT2D eigenvalue weighted by Crippen LogP contribution is 2.31. The zero-order chi connectivity index (χ0) is 19.8. The molecule has 0 aliphatic heterocycles. The van der Waals surface area contributed by atoms with Crippen molar-refractivity contribution in [3.05, 3.63) is 54.4 Å². The number of hydrogen-bond donors (Lipinski definition) is 2. The van der Waals surface area contributed by atoms with Gasteiger partial charge in [0.25, 0.3) is 0 Å². The number of hydrogen-bond acceptors (Lipinski definition) is 4. The van der Waals surface area contributed by atoms with Crippen molar-refractivity contribution < 1.29 is 14.3 Å². The highest BCUT2D eigenvalue weighted by molar-refractivity contribution is 5.94. The van der Waals surface area contributed by atoms with E-state index >= 15 is 0 Å². The van der Waals surface area contributed by atoms with Crippen molar-refractivity contribution in [3.63, 3.8) is 0 Å². The van der Waals surface area contributed by atoms with Crippen molar-refractivity contribution in [1.29, 1.82) is 0 Å². The fourth-order valence-corrected chi connectivity index (χ4v) is 3.54. The molecule has 1 aliphatic rings. The third-order valence-electron chi connectivity index (χ3n) is 5.13. The topological polar surface area (TPSA) is 80.3 Å². The fraction of sp³-hybridized carbons (Fsp3) is 0.409. The number of rotatable bonds is 7. The first kappa shape index (κ1) is 19.9. The molecule has 6 nitrogen and oxygen atoms in total. The standard InChI is InChI=1S/C22H27N3O3/c1-2-28-20-6-4-3-5-19(20)25-22(27)18-9-7-17(8-10-18)21(26)24-15-16-11-13-23-14-12-16/h3-6,11-14,17-18H,2,7-10,15H2,1H3,(H,24,26)(H,25,27). The smallest absolute Gasteiger partial charge is 0.227 e. The minimum atomic E-state index is -0.0704. The lowest BCUT2D eigenvalue weighted by molar-refractivity contribution is -0.128. The number of aromatic nitrogens is 1. The molecule has 1 fully saturated rings. The summed E-state index contributed by atoms with van der Waals surface area (Å²) in [5.74, 6) is 0.656. The molecule has 3 rings (SSSR count). The summed E-state index contributed by atoms with van der Waals surface area (Å²) >= 11 is 0. The van der Waals surface area contributed by atoms with Gasteiger partial charge in [0.05, 0.1) is 12.3 Å². The van der Waals surface area contributed by atoms with Crippen LogP contribution in [-0.2, 0) is 16.1 Å². The molecule has 0 unspecified atom stereocenters. The maximum absolute atomic E-state index is 12.6. The SMILES string of the molecule is CCOc1ccccc1NC(=O)C1CCC(C(=O)NCc2ccncc2)CC1. The van der Waals surface area contributed by atoms with Crippen molar-refractivity contribution in [3.8, 4) is 5.75 Å². The summed E-state index contributed by atoms with van der Waals surface area (Å²) in [7, 11) is 0. The Morgan fingerprint density at radius 1 is 1.00 bits per heavy atom. The van der Waals surface area contributed by atoms with Gasteiger partial charge >= 0.3 is 0 Å². The summed E-state index contributed by atoms with van der Waals surface area (Å²) in [6.45, 7) is 2.97. The van der Waals surface area contributed by atoms with Crippen LogP contribution in [0.1, 0.15) is 38.2 Å². The molecule has 2 aromatic rings. The Morgan fingerprint density at radius 3 is 2.32 bits per heavy atom. The zero-order valence-electron chi connectivity index (χ0n) is 16.2. The summed E-state index contributed by atoms with van der Waals surface area (Å²) in [6, 6.07) is 11.2. The Labute approximate surface area is 165 Å². The first-order chi connectivity index (χ1) is 13.7. The van der Waals surface area contributed by atoms with Gasteiger partial charge in [-0.1, -0.05) is 12.1 Å². The third kappa shape index (κ3) is 5.31. The fourth-order valence-electron chi connectivity index (χ4n) is 3.54. The van der Waals surface area contributed by atoms with Crippen LogP contribution in [0.3, 0.4) is 0 Å². The Bertz CT molecular complexity index is 787. The maximum Gasteiger partial charge on any atom is 0.227 e. The second-order valence-corrected chi connectivity index (χ2v) is 7.04. The Hall–Kier alpha value is -2.89. The lowest BCUT2D eigenvalue weighted by atomic mass is 9.81. The summed E-state index contributed by atoms with van der Waals surface area (Å²) in [4.78, 5) is 29.0. The molecule has 0 atom stereocenters. The van der Waals surface area contributed by atoms with Crippen LogP contribution in [0, 0.1) is 11.8 Å². The Balaban J connectivity index is 1.47. The van der Waals surface area contributed by atoms with Gasteiger partial charge in [-0.25, -0.2) is 0 Å². The quantitative estimate of drug-likeness (QED) is 0.769. The molecular weight excluding hydrogens is 354 g/mol. The van der Waals surface area contributed by atoms with Crippen molar-refractivity contribution in [1.82, 2.24) is 10.3 Å². The average molecular weight is 381 g/mol. The summed E-state index contributed by atoms with van der Waals surface area (Å²) < 4.78 is 5.57. The van der Waals surface area contributed by atoms with E-state index in [0.29, 0.717) is 24.6 Å². The molecule has 2 amide bonds. The molecule has 6 heteroatoms. The van der Waals surface area contributed by atoms with Gasteiger partial charge < -0.3 is 15.4 Å². The van der Waals surface area contributed by atoms with E-state index in [4.69, 9.17) is 4.74 Å². The number of pyridine rings is 1. The van der Waals surface area contributed by atoms with Gasteiger partial charge in [0.15, 0.2) is 0 Å². The third-order valence-corrected chi connectivity index (χ3v) is 5.13. The highest BCUT2D eigenvalue weighted by Gasteiger charge is 2.30. The predicted molar refractivity (Wildman–Crippen MR) is 108 cm³/mol. The highest BCUT2D eigenvalue weighted by atomic mass is 16.5. The van der Waals surface area contributed by atoms with E-state index in [1.807, 2.05) is 43.3 Å². The van der Waals surface area contributed by atoms with E-state index in [0.717, 1.165) is 31.2 Å². The molecule has 2 N–H and O–H groups in total. The molecule has 28 heavy (non-hydrogen) atoms. The molecule has 1 heterocycles. The van der Waals surface area contributed by atoms with Crippen LogP contribution >= 0.6 is 0 Å². The average Bonchev–Trinajstić information content (AvgIpc) is 2.74. The number of nitrogens with zero attached hydrogens (tertiary/aromatic N) is 1. The summed E-state index contributed by atoms with van der Waals surface area (Å²) in [5.41, 5.74) is 1.73. The largest absolute Gasteiger partial charge is 0.492 e. The van der Waals surface area contributed by atoms with Crippen molar-refractivity contribution in [2.45, 2.75) is 39.2 Å². The van der Waals surface area contributed by atoms with Crippen molar-refractivity contribution in [2.75, 3.05) is 11.9 Å². The van der Waals surface area contributed by atoms with Gasteiger partial charge in [0.2, 0.25) is 11.8 Å². The van der Waals surface area contributed by atoms with Crippen LogP contribution in [0.4, 0.5) is 5.69 Å². The van der Waals surface area contributed by atoms with Gasteiger partial charge in [-0.15, -0.1) is 0 Å².